The highest BCUT2D eigenvalue weighted by atomic mass is 32.2. The summed E-state index contributed by atoms with van der Waals surface area (Å²) in [7, 11) is -2.92. The van der Waals surface area contributed by atoms with Crippen molar-refractivity contribution in [3.8, 4) is 0 Å². The number of carbonyl (C=O) groups excluding carboxylic acids is 1. The van der Waals surface area contributed by atoms with E-state index >= 15 is 0 Å². The lowest BCUT2D eigenvalue weighted by Gasteiger charge is -2.07. The van der Waals surface area contributed by atoms with Gasteiger partial charge in [0.15, 0.2) is 0 Å². The van der Waals surface area contributed by atoms with Gasteiger partial charge >= 0.3 is 0 Å². The third-order valence-electron chi connectivity index (χ3n) is 2.35. The molecular formula is C12H19N3O3S. The van der Waals surface area contributed by atoms with E-state index in [1.54, 1.807) is 18.3 Å². The highest BCUT2D eigenvalue weighted by Crippen LogP contribution is 2.08. The second-order valence-electron chi connectivity index (χ2n) is 4.20. The molecule has 0 bridgehead atoms. The maximum Gasteiger partial charge on any atom is 0.269 e. The summed E-state index contributed by atoms with van der Waals surface area (Å²) < 4.78 is 21.9. The molecule has 1 aromatic rings. The molecule has 7 heteroatoms. The molecule has 0 saturated heterocycles. The van der Waals surface area contributed by atoms with Gasteiger partial charge in [0.2, 0.25) is 0 Å². The summed E-state index contributed by atoms with van der Waals surface area (Å²) in [6.45, 7) is 2.92. The molecule has 0 radical (unpaired) electrons. The highest BCUT2D eigenvalue weighted by Gasteiger charge is 2.06. The molecule has 0 fully saturated rings. The fourth-order valence-electron chi connectivity index (χ4n) is 1.48. The predicted octanol–water partition coefficient (Wildman–Crippen LogP) is 0.678. The molecule has 0 spiro atoms. The van der Waals surface area contributed by atoms with Gasteiger partial charge in [-0.3, -0.25) is 9.78 Å². The van der Waals surface area contributed by atoms with Crippen molar-refractivity contribution in [2.45, 2.75) is 13.3 Å². The van der Waals surface area contributed by atoms with Crippen LogP contribution in [0.1, 0.15) is 23.8 Å². The van der Waals surface area contributed by atoms with Crippen molar-refractivity contribution in [2.75, 3.05) is 30.4 Å². The molecular weight excluding hydrogens is 266 g/mol. The lowest BCUT2D eigenvalue weighted by Crippen LogP contribution is -2.23. The molecule has 1 rings (SSSR count). The lowest BCUT2D eigenvalue weighted by molar-refractivity contribution is 0.0951. The van der Waals surface area contributed by atoms with Gasteiger partial charge in [0.25, 0.3) is 5.91 Å². The van der Waals surface area contributed by atoms with Crippen LogP contribution in [0.3, 0.4) is 0 Å². The van der Waals surface area contributed by atoms with Crippen LogP contribution < -0.4 is 10.6 Å². The number of anilines is 1. The maximum atomic E-state index is 11.6. The summed E-state index contributed by atoms with van der Waals surface area (Å²) in [5.41, 5.74) is 1.10. The number of nitrogens with one attached hydrogen (secondary N) is 2. The van der Waals surface area contributed by atoms with Gasteiger partial charge in [0, 0.05) is 31.2 Å². The van der Waals surface area contributed by atoms with Crippen LogP contribution in [0.15, 0.2) is 18.3 Å². The van der Waals surface area contributed by atoms with Gasteiger partial charge in [-0.1, -0.05) is 0 Å². The molecule has 2 N–H and O–H groups in total. The fraction of sp³-hybridized carbons (Fsp3) is 0.500. The molecule has 0 aliphatic rings. The van der Waals surface area contributed by atoms with Crippen LogP contribution in [-0.2, 0) is 9.84 Å². The van der Waals surface area contributed by atoms with Crippen molar-refractivity contribution in [1.82, 2.24) is 10.3 Å². The first-order chi connectivity index (χ1) is 8.92. The van der Waals surface area contributed by atoms with E-state index in [0.717, 1.165) is 5.69 Å². The van der Waals surface area contributed by atoms with Gasteiger partial charge in [-0.15, -0.1) is 0 Å². The lowest BCUT2D eigenvalue weighted by atomic mass is 10.3. The van der Waals surface area contributed by atoms with E-state index in [-0.39, 0.29) is 11.7 Å². The van der Waals surface area contributed by atoms with E-state index in [0.29, 0.717) is 25.2 Å². The molecule has 0 unspecified atom stereocenters. The Kier molecular flexibility index (Phi) is 5.75. The van der Waals surface area contributed by atoms with Crippen LogP contribution in [0.5, 0.6) is 0 Å². The zero-order valence-electron chi connectivity index (χ0n) is 11.1. The molecule has 1 heterocycles. The van der Waals surface area contributed by atoms with Crippen molar-refractivity contribution >= 4 is 21.4 Å². The molecule has 19 heavy (non-hydrogen) atoms. The zero-order valence-corrected chi connectivity index (χ0v) is 12.0. The Morgan fingerprint density at radius 3 is 2.79 bits per heavy atom. The Hall–Kier alpha value is -1.63. The van der Waals surface area contributed by atoms with Crippen LogP contribution in [0.25, 0.3) is 0 Å². The Bertz CT molecular complexity index is 529. The van der Waals surface area contributed by atoms with Gasteiger partial charge in [0.1, 0.15) is 15.5 Å². The third kappa shape index (κ3) is 6.19. The molecule has 0 atom stereocenters. The smallest absolute Gasteiger partial charge is 0.269 e. The summed E-state index contributed by atoms with van der Waals surface area (Å²) in [4.78, 5) is 15.6. The Morgan fingerprint density at radius 1 is 1.42 bits per heavy atom. The van der Waals surface area contributed by atoms with Gasteiger partial charge < -0.3 is 10.6 Å². The average molecular weight is 285 g/mol. The van der Waals surface area contributed by atoms with Crippen molar-refractivity contribution in [3.63, 3.8) is 0 Å². The largest absolute Gasteiger partial charge is 0.385 e. The number of rotatable bonds is 7. The van der Waals surface area contributed by atoms with E-state index in [9.17, 15) is 13.2 Å². The number of pyridine rings is 1. The number of aromatic nitrogens is 1. The van der Waals surface area contributed by atoms with Gasteiger partial charge in [-0.2, -0.15) is 0 Å². The molecule has 0 saturated carbocycles. The van der Waals surface area contributed by atoms with Crippen molar-refractivity contribution in [1.29, 1.82) is 0 Å². The highest BCUT2D eigenvalue weighted by molar-refractivity contribution is 7.90. The third-order valence-corrected chi connectivity index (χ3v) is 3.38. The first-order valence-corrected chi connectivity index (χ1v) is 8.14. The standard InChI is InChI=1S/C12H19N3O3S/c1-3-13-12(16)11-9-10(5-7-15-11)14-6-4-8-19(2,17)18/h5,7,9H,3-4,6,8H2,1-2H3,(H,13,16)(H,14,15). The minimum Gasteiger partial charge on any atom is -0.385 e. The Labute approximate surface area is 113 Å². The number of nitrogens with zero attached hydrogens (tertiary/aromatic N) is 1. The van der Waals surface area contributed by atoms with Crippen LogP contribution in [0, 0.1) is 0 Å². The van der Waals surface area contributed by atoms with E-state index in [2.05, 4.69) is 15.6 Å². The summed E-state index contributed by atoms with van der Waals surface area (Å²) >= 11 is 0. The fourth-order valence-corrected chi connectivity index (χ4v) is 2.15. The topological polar surface area (TPSA) is 88.2 Å². The maximum absolute atomic E-state index is 11.6. The van der Waals surface area contributed by atoms with Crippen LogP contribution in [0.2, 0.25) is 0 Å². The van der Waals surface area contributed by atoms with E-state index in [1.165, 1.54) is 6.26 Å². The second kappa shape index (κ2) is 7.08. The summed E-state index contributed by atoms with van der Waals surface area (Å²) in [6.07, 6.45) is 3.29. The van der Waals surface area contributed by atoms with E-state index in [1.807, 2.05) is 6.92 Å². The Balaban J connectivity index is 2.51. The number of hydrogen-bond acceptors (Lipinski definition) is 5. The first kappa shape index (κ1) is 15.4. The number of hydrogen-bond donors (Lipinski definition) is 2. The Morgan fingerprint density at radius 2 is 2.16 bits per heavy atom. The van der Waals surface area contributed by atoms with Gasteiger partial charge in [-0.25, -0.2) is 8.42 Å². The first-order valence-electron chi connectivity index (χ1n) is 6.08. The van der Waals surface area contributed by atoms with Crippen molar-refractivity contribution < 1.29 is 13.2 Å². The molecule has 0 aliphatic carbocycles. The minimum absolute atomic E-state index is 0.147. The van der Waals surface area contributed by atoms with Crippen molar-refractivity contribution in [2.24, 2.45) is 0 Å². The monoisotopic (exact) mass is 285 g/mol. The van der Waals surface area contributed by atoms with Crippen LogP contribution in [0.4, 0.5) is 5.69 Å². The van der Waals surface area contributed by atoms with Crippen molar-refractivity contribution in [3.05, 3.63) is 24.0 Å². The van der Waals surface area contributed by atoms with E-state index in [4.69, 9.17) is 0 Å². The summed E-state index contributed by atoms with van der Waals surface area (Å²) in [6, 6.07) is 3.38. The normalized spacial score (nSPS) is 11.1. The number of carbonyl (C=O) groups is 1. The molecule has 0 aromatic carbocycles. The number of amides is 1. The molecule has 106 valence electrons. The predicted molar refractivity (Wildman–Crippen MR) is 75.1 cm³/mol. The molecule has 6 nitrogen and oxygen atoms in total. The molecule has 1 amide bonds. The second-order valence-corrected chi connectivity index (χ2v) is 6.46. The summed E-state index contributed by atoms with van der Waals surface area (Å²) in [5, 5.41) is 5.74. The average Bonchev–Trinajstić information content (AvgIpc) is 2.34. The number of sulfone groups is 1. The SMILES string of the molecule is CCNC(=O)c1cc(NCCCS(C)(=O)=O)ccn1. The summed E-state index contributed by atoms with van der Waals surface area (Å²) in [5.74, 6) is -0.0730. The quantitative estimate of drug-likeness (QED) is 0.719. The van der Waals surface area contributed by atoms with E-state index < -0.39 is 9.84 Å². The van der Waals surface area contributed by atoms with Gasteiger partial charge in [-0.05, 0) is 25.5 Å². The zero-order chi connectivity index (χ0) is 14.3. The van der Waals surface area contributed by atoms with Gasteiger partial charge in [0.05, 0.1) is 5.75 Å². The minimum atomic E-state index is -2.92. The van der Waals surface area contributed by atoms with Crippen LogP contribution >= 0.6 is 0 Å². The molecule has 1 aromatic heterocycles. The molecule has 0 aliphatic heterocycles. The van der Waals surface area contributed by atoms with Crippen LogP contribution in [-0.4, -0.2) is 44.4 Å².